The van der Waals surface area contributed by atoms with Gasteiger partial charge in [-0.15, -0.1) is 0 Å². The molecule has 162 valence electrons. The van der Waals surface area contributed by atoms with E-state index in [1.54, 1.807) is 6.92 Å². The predicted molar refractivity (Wildman–Crippen MR) is 111 cm³/mol. The van der Waals surface area contributed by atoms with Crippen molar-refractivity contribution in [2.45, 2.75) is 70.2 Å². The highest BCUT2D eigenvalue weighted by Crippen LogP contribution is 2.28. The van der Waals surface area contributed by atoms with Crippen molar-refractivity contribution in [1.82, 2.24) is 9.62 Å². The van der Waals surface area contributed by atoms with E-state index in [0.717, 1.165) is 31.7 Å². The van der Waals surface area contributed by atoms with Gasteiger partial charge in [-0.3, -0.25) is 14.9 Å². The fourth-order valence-corrected chi connectivity index (χ4v) is 5.33. The second-order valence-electron chi connectivity index (χ2n) is 7.79. The van der Waals surface area contributed by atoms with Gasteiger partial charge in [0.25, 0.3) is 5.69 Å². The Morgan fingerprint density at radius 2 is 1.97 bits per heavy atom. The Morgan fingerprint density at radius 1 is 1.31 bits per heavy atom. The first-order valence-corrected chi connectivity index (χ1v) is 11.7. The first-order chi connectivity index (χ1) is 13.7. The molecular formula is C20H31N3O5S. The number of nitro benzene ring substituents is 1. The van der Waals surface area contributed by atoms with E-state index in [1.807, 2.05) is 6.92 Å². The van der Waals surface area contributed by atoms with Crippen molar-refractivity contribution in [1.29, 1.82) is 0 Å². The molecule has 0 aliphatic carbocycles. The minimum atomic E-state index is -3.84. The molecule has 0 bridgehead atoms. The summed E-state index contributed by atoms with van der Waals surface area (Å²) in [5.74, 6) is -0.223. The second kappa shape index (κ2) is 10.2. The molecule has 0 aromatic heterocycles. The van der Waals surface area contributed by atoms with Gasteiger partial charge in [0.2, 0.25) is 15.9 Å². The number of hydrogen-bond donors (Lipinski definition) is 1. The number of non-ortho nitro benzene ring substituents is 1. The van der Waals surface area contributed by atoms with Crippen molar-refractivity contribution in [3.05, 3.63) is 33.9 Å². The number of aryl methyl sites for hydroxylation is 1. The minimum Gasteiger partial charge on any atom is -0.353 e. The summed E-state index contributed by atoms with van der Waals surface area (Å²) in [6, 6.07) is 3.97. The molecule has 8 nitrogen and oxygen atoms in total. The van der Waals surface area contributed by atoms with Crippen LogP contribution in [0.1, 0.15) is 57.9 Å². The molecule has 0 radical (unpaired) electrons. The van der Waals surface area contributed by atoms with E-state index in [0.29, 0.717) is 18.4 Å². The Labute approximate surface area is 172 Å². The van der Waals surface area contributed by atoms with Crippen LogP contribution in [0.4, 0.5) is 5.69 Å². The lowest BCUT2D eigenvalue weighted by Gasteiger charge is -2.31. The van der Waals surface area contributed by atoms with Crippen LogP contribution in [0.2, 0.25) is 0 Å². The number of unbranched alkanes of at least 4 members (excludes halogenated alkanes) is 2. The van der Waals surface area contributed by atoms with Crippen molar-refractivity contribution >= 4 is 21.6 Å². The molecule has 1 aromatic rings. The summed E-state index contributed by atoms with van der Waals surface area (Å²) in [6.07, 6.45) is 5.20. The van der Waals surface area contributed by atoms with Crippen LogP contribution < -0.4 is 5.32 Å². The molecule has 1 atom stereocenters. The third kappa shape index (κ3) is 5.99. The van der Waals surface area contributed by atoms with Crippen molar-refractivity contribution in [3.63, 3.8) is 0 Å². The maximum atomic E-state index is 13.0. The van der Waals surface area contributed by atoms with Crippen LogP contribution in [0.15, 0.2) is 23.1 Å². The van der Waals surface area contributed by atoms with Gasteiger partial charge < -0.3 is 5.32 Å². The van der Waals surface area contributed by atoms with Crippen LogP contribution >= 0.6 is 0 Å². The quantitative estimate of drug-likeness (QED) is 0.370. The van der Waals surface area contributed by atoms with Gasteiger partial charge in [0.1, 0.15) is 0 Å². The average molecular weight is 426 g/mol. The van der Waals surface area contributed by atoms with Crippen LogP contribution in [-0.4, -0.2) is 42.7 Å². The summed E-state index contributed by atoms with van der Waals surface area (Å²) in [7, 11) is -3.84. The Bertz CT molecular complexity index is 833. The third-order valence-electron chi connectivity index (χ3n) is 5.45. The number of amides is 1. The summed E-state index contributed by atoms with van der Waals surface area (Å²) >= 11 is 0. The largest absolute Gasteiger partial charge is 0.353 e. The predicted octanol–water partition coefficient (Wildman–Crippen LogP) is 3.39. The summed E-state index contributed by atoms with van der Waals surface area (Å²) in [5.41, 5.74) is 0.219. The monoisotopic (exact) mass is 425 g/mol. The van der Waals surface area contributed by atoms with E-state index in [9.17, 15) is 23.3 Å². The molecule has 1 heterocycles. The summed E-state index contributed by atoms with van der Waals surface area (Å²) in [6.45, 7) is 6.22. The van der Waals surface area contributed by atoms with Crippen LogP contribution in [0.5, 0.6) is 0 Å². The van der Waals surface area contributed by atoms with E-state index in [2.05, 4.69) is 12.2 Å². The SMILES string of the molecule is CCCCCC(C)NC(=O)C1CCN(S(=O)(=O)c2cc([N+](=O)[O-])ccc2C)CC1. The van der Waals surface area contributed by atoms with Gasteiger partial charge >= 0.3 is 0 Å². The highest BCUT2D eigenvalue weighted by molar-refractivity contribution is 7.89. The van der Waals surface area contributed by atoms with E-state index >= 15 is 0 Å². The maximum Gasteiger partial charge on any atom is 0.270 e. The molecule has 9 heteroatoms. The number of carbonyl (C=O) groups is 1. The third-order valence-corrected chi connectivity index (χ3v) is 7.50. The van der Waals surface area contributed by atoms with Gasteiger partial charge in [-0.1, -0.05) is 32.3 Å². The van der Waals surface area contributed by atoms with Crippen LogP contribution in [0, 0.1) is 23.0 Å². The molecule has 0 saturated carbocycles. The van der Waals surface area contributed by atoms with Crippen molar-refractivity contribution in [3.8, 4) is 0 Å². The molecule has 1 aliphatic heterocycles. The van der Waals surface area contributed by atoms with Gasteiger partial charge in [0.05, 0.1) is 9.82 Å². The fraction of sp³-hybridized carbons (Fsp3) is 0.650. The summed E-state index contributed by atoms with van der Waals surface area (Å²) in [4.78, 5) is 22.9. The first kappa shape index (κ1) is 23.3. The molecule has 1 aliphatic rings. The van der Waals surface area contributed by atoms with Gasteiger partial charge in [-0.25, -0.2) is 8.42 Å². The molecule has 2 rings (SSSR count). The zero-order valence-electron chi connectivity index (χ0n) is 17.4. The molecular weight excluding hydrogens is 394 g/mol. The van der Waals surface area contributed by atoms with E-state index in [4.69, 9.17) is 0 Å². The summed E-state index contributed by atoms with van der Waals surface area (Å²) in [5, 5.41) is 14.1. The van der Waals surface area contributed by atoms with E-state index < -0.39 is 14.9 Å². The molecule has 29 heavy (non-hydrogen) atoms. The van der Waals surface area contributed by atoms with Crippen molar-refractivity contribution < 1.29 is 18.1 Å². The molecule has 1 aromatic carbocycles. The highest BCUT2D eigenvalue weighted by atomic mass is 32.2. The molecule has 1 fully saturated rings. The van der Waals surface area contributed by atoms with Crippen LogP contribution in [0.25, 0.3) is 0 Å². The maximum absolute atomic E-state index is 13.0. The second-order valence-corrected chi connectivity index (χ2v) is 9.70. The number of nitrogens with zero attached hydrogens (tertiary/aromatic N) is 2. The number of nitro groups is 1. The lowest BCUT2D eigenvalue weighted by Crippen LogP contribution is -2.44. The topological polar surface area (TPSA) is 110 Å². The summed E-state index contributed by atoms with van der Waals surface area (Å²) < 4.78 is 27.3. The van der Waals surface area contributed by atoms with Gasteiger partial charge in [0.15, 0.2) is 0 Å². The number of carbonyl (C=O) groups excluding carboxylic acids is 1. The standard InChI is InChI=1S/C20H31N3O5S/c1-4-5-6-7-16(3)21-20(24)17-10-12-22(13-11-17)29(27,28)19-14-18(23(25)26)9-8-15(19)2/h8-9,14,16-17H,4-7,10-13H2,1-3H3,(H,21,24). The number of hydrogen-bond acceptors (Lipinski definition) is 5. The number of benzene rings is 1. The fourth-order valence-electron chi connectivity index (χ4n) is 3.61. The first-order valence-electron chi connectivity index (χ1n) is 10.2. The zero-order chi connectivity index (χ0) is 21.6. The molecule has 1 amide bonds. The van der Waals surface area contributed by atoms with E-state index in [-0.39, 0.29) is 41.5 Å². The average Bonchev–Trinajstić information content (AvgIpc) is 2.68. The number of rotatable bonds is 9. The van der Waals surface area contributed by atoms with Crippen molar-refractivity contribution in [2.24, 2.45) is 5.92 Å². The van der Waals surface area contributed by atoms with Gasteiger partial charge in [-0.05, 0) is 38.7 Å². The van der Waals surface area contributed by atoms with Crippen LogP contribution in [-0.2, 0) is 14.8 Å². The van der Waals surface area contributed by atoms with Gasteiger partial charge in [-0.2, -0.15) is 4.31 Å². The number of sulfonamides is 1. The Hall–Kier alpha value is -2.00. The van der Waals surface area contributed by atoms with Crippen LogP contribution in [0.3, 0.4) is 0 Å². The van der Waals surface area contributed by atoms with Crippen molar-refractivity contribution in [2.75, 3.05) is 13.1 Å². The smallest absolute Gasteiger partial charge is 0.270 e. The Kier molecular flexibility index (Phi) is 8.15. The molecule has 1 saturated heterocycles. The minimum absolute atomic E-state index is 0.0161. The molecule has 1 unspecified atom stereocenters. The molecule has 1 N–H and O–H groups in total. The lowest BCUT2D eigenvalue weighted by atomic mass is 9.96. The van der Waals surface area contributed by atoms with E-state index in [1.165, 1.54) is 16.4 Å². The van der Waals surface area contributed by atoms with Gasteiger partial charge in [0, 0.05) is 37.2 Å². The number of piperidine rings is 1. The normalized spacial score (nSPS) is 17.1. The highest BCUT2D eigenvalue weighted by Gasteiger charge is 2.33. The molecule has 0 spiro atoms. The Balaban J connectivity index is 1.98. The lowest BCUT2D eigenvalue weighted by molar-refractivity contribution is -0.385. The Morgan fingerprint density at radius 3 is 2.55 bits per heavy atom. The zero-order valence-corrected chi connectivity index (χ0v) is 18.2. The number of nitrogens with one attached hydrogen (secondary N) is 1.